The first kappa shape index (κ1) is 19.6. The van der Waals surface area contributed by atoms with E-state index in [0.717, 1.165) is 58.9 Å². The van der Waals surface area contributed by atoms with Gasteiger partial charge in [-0.05, 0) is 67.6 Å². The van der Waals surface area contributed by atoms with Gasteiger partial charge in [0.2, 0.25) is 0 Å². The molecule has 31 heavy (non-hydrogen) atoms. The van der Waals surface area contributed by atoms with Gasteiger partial charge in [-0.2, -0.15) is 5.10 Å². The van der Waals surface area contributed by atoms with Gasteiger partial charge in [-0.25, -0.2) is 18.4 Å². The van der Waals surface area contributed by atoms with Crippen LogP contribution in [-0.4, -0.2) is 20.7 Å². The van der Waals surface area contributed by atoms with Crippen LogP contribution in [0.1, 0.15) is 33.2 Å². The Kier molecular flexibility index (Phi) is 4.86. The fourth-order valence-corrected chi connectivity index (χ4v) is 4.81. The molecule has 1 aliphatic rings. The van der Waals surface area contributed by atoms with Gasteiger partial charge in [0, 0.05) is 6.20 Å². The zero-order valence-electron chi connectivity index (χ0n) is 16.7. The number of nitrogens with zero attached hydrogens (tertiary/aromatic N) is 3. The third-order valence-electron chi connectivity index (χ3n) is 5.28. The Morgan fingerprint density at radius 3 is 2.68 bits per heavy atom. The van der Waals surface area contributed by atoms with Crippen LogP contribution >= 0.6 is 11.3 Å². The van der Waals surface area contributed by atoms with Crippen molar-refractivity contribution in [3.8, 4) is 16.1 Å². The highest BCUT2D eigenvalue weighted by Crippen LogP contribution is 2.38. The third kappa shape index (κ3) is 3.63. The maximum atomic E-state index is 13.9. The molecule has 2 aromatic carbocycles. The van der Waals surface area contributed by atoms with Gasteiger partial charge in [-0.1, -0.05) is 12.1 Å². The number of aromatic nitrogens is 3. The summed E-state index contributed by atoms with van der Waals surface area (Å²) in [6, 6.07) is 11.6. The topological polar surface area (TPSA) is 59.8 Å². The third-order valence-corrected chi connectivity index (χ3v) is 6.41. The molecule has 0 fully saturated rings. The lowest BCUT2D eigenvalue weighted by Crippen LogP contribution is -2.14. The number of aryl methyl sites for hydroxylation is 3. The van der Waals surface area contributed by atoms with Crippen LogP contribution in [0.25, 0.3) is 16.1 Å². The fourth-order valence-electron chi connectivity index (χ4n) is 3.75. The first-order chi connectivity index (χ1) is 15.0. The summed E-state index contributed by atoms with van der Waals surface area (Å²) in [5.74, 6) is -2.27. The second-order valence-corrected chi connectivity index (χ2v) is 8.44. The van der Waals surface area contributed by atoms with E-state index in [1.807, 2.05) is 29.9 Å². The molecule has 5 rings (SSSR count). The number of halogens is 2. The zero-order valence-corrected chi connectivity index (χ0v) is 17.5. The van der Waals surface area contributed by atoms with Crippen molar-refractivity contribution in [3.63, 3.8) is 0 Å². The van der Waals surface area contributed by atoms with E-state index >= 15 is 0 Å². The summed E-state index contributed by atoms with van der Waals surface area (Å²) in [4.78, 5) is 18.1. The number of para-hydroxylation sites is 1. The monoisotopic (exact) mass is 436 g/mol. The summed E-state index contributed by atoms with van der Waals surface area (Å²) in [5, 5.41) is 6.99. The second kappa shape index (κ2) is 7.70. The van der Waals surface area contributed by atoms with Crippen molar-refractivity contribution in [2.24, 2.45) is 0 Å². The number of anilines is 1. The highest BCUT2D eigenvalue weighted by atomic mass is 32.1. The van der Waals surface area contributed by atoms with Gasteiger partial charge in [-0.3, -0.25) is 4.79 Å². The van der Waals surface area contributed by atoms with Gasteiger partial charge in [0.1, 0.15) is 17.3 Å². The number of fused-ring (bicyclic) bond motifs is 3. The van der Waals surface area contributed by atoms with Crippen LogP contribution in [0, 0.1) is 18.6 Å². The molecule has 0 unspecified atom stereocenters. The molecule has 8 heteroatoms. The summed E-state index contributed by atoms with van der Waals surface area (Å²) in [7, 11) is 0. The average Bonchev–Trinajstić information content (AvgIpc) is 3.34. The number of benzene rings is 2. The molecule has 156 valence electrons. The van der Waals surface area contributed by atoms with Gasteiger partial charge in [0.05, 0.1) is 22.0 Å². The van der Waals surface area contributed by atoms with Crippen molar-refractivity contribution in [3.05, 3.63) is 82.3 Å². The average molecular weight is 436 g/mol. The molecule has 2 heterocycles. The molecule has 0 radical (unpaired) electrons. The predicted octanol–water partition coefficient (Wildman–Crippen LogP) is 5.32. The summed E-state index contributed by atoms with van der Waals surface area (Å²) in [5.41, 5.74) is 4.42. The maximum absolute atomic E-state index is 13.9. The van der Waals surface area contributed by atoms with Crippen molar-refractivity contribution >= 4 is 22.9 Å². The van der Waals surface area contributed by atoms with E-state index in [1.165, 1.54) is 23.0 Å². The molecule has 1 aliphatic carbocycles. The van der Waals surface area contributed by atoms with E-state index in [4.69, 9.17) is 0 Å². The minimum Gasteiger partial charge on any atom is -0.315 e. The van der Waals surface area contributed by atoms with Crippen molar-refractivity contribution in [2.75, 3.05) is 5.32 Å². The van der Waals surface area contributed by atoms with E-state index < -0.39 is 23.2 Å². The van der Waals surface area contributed by atoms with E-state index in [2.05, 4.69) is 27.5 Å². The molecule has 0 aliphatic heterocycles. The predicted molar refractivity (Wildman–Crippen MR) is 116 cm³/mol. The largest absolute Gasteiger partial charge is 0.315 e. The highest BCUT2D eigenvalue weighted by molar-refractivity contribution is 7.17. The number of hydrogen-bond acceptors (Lipinski definition) is 4. The van der Waals surface area contributed by atoms with Gasteiger partial charge >= 0.3 is 0 Å². The first-order valence-corrected chi connectivity index (χ1v) is 10.7. The lowest BCUT2D eigenvalue weighted by Gasteiger charge is -2.09. The lowest BCUT2D eigenvalue weighted by atomic mass is 10.0. The molecule has 1 amide bonds. The number of amides is 1. The molecule has 1 N–H and O–H groups in total. The quantitative estimate of drug-likeness (QED) is 0.473. The second-order valence-electron chi connectivity index (χ2n) is 7.44. The van der Waals surface area contributed by atoms with Crippen molar-refractivity contribution in [1.82, 2.24) is 14.8 Å². The van der Waals surface area contributed by atoms with Crippen LogP contribution < -0.4 is 5.32 Å². The van der Waals surface area contributed by atoms with Gasteiger partial charge < -0.3 is 5.32 Å². The van der Waals surface area contributed by atoms with Gasteiger partial charge in [0.15, 0.2) is 5.01 Å². The Balaban J connectivity index is 1.52. The Labute approximate surface area is 181 Å². The molecule has 0 spiro atoms. The molecule has 2 aromatic heterocycles. The Morgan fingerprint density at radius 2 is 1.94 bits per heavy atom. The highest BCUT2D eigenvalue weighted by Gasteiger charge is 2.24. The lowest BCUT2D eigenvalue weighted by molar-refractivity contribution is 0.102. The molecular formula is C23H18F2N4OS. The van der Waals surface area contributed by atoms with Gasteiger partial charge in [-0.15, -0.1) is 11.3 Å². The minimum atomic E-state index is -0.823. The van der Waals surface area contributed by atoms with Crippen LogP contribution in [-0.2, 0) is 12.8 Å². The summed E-state index contributed by atoms with van der Waals surface area (Å²) in [6.45, 7) is 1.94. The Morgan fingerprint density at radius 1 is 1.13 bits per heavy atom. The smallest absolute Gasteiger partial charge is 0.284 e. The van der Waals surface area contributed by atoms with Crippen molar-refractivity contribution in [1.29, 1.82) is 0 Å². The standard InChI is InChI=1S/C23H18F2N4OS/c1-13-10-11-29(28-13)15-9-8-14-4-2-7-19-21(16(14)12-15)31-23(26-19)22(30)27-20-17(24)5-3-6-18(20)25/h3,5-6,8-12H,2,4,7H2,1H3,(H,27,30). The molecule has 0 saturated heterocycles. The number of carbonyl (C=O) groups excluding carboxylic acids is 1. The maximum Gasteiger partial charge on any atom is 0.284 e. The number of hydrogen-bond donors (Lipinski definition) is 1. The summed E-state index contributed by atoms with van der Waals surface area (Å²) < 4.78 is 29.7. The number of carbonyl (C=O) groups is 1. The van der Waals surface area contributed by atoms with E-state index in [-0.39, 0.29) is 5.01 Å². The number of thiazole rings is 1. The van der Waals surface area contributed by atoms with E-state index in [9.17, 15) is 13.6 Å². The SMILES string of the molecule is Cc1ccn(-c2ccc3c(c2)-c2sc(C(=O)Nc4c(F)cccc4F)nc2CCC3)n1. The molecule has 0 saturated carbocycles. The molecule has 0 atom stereocenters. The number of nitrogens with one attached hydrogen (secondary N) is 1. The first-order valence-electron chi connectivity index (χ1n) is 9.90. The van der Waals surface area contributed by atoms with Crippen LogP contribution in [0.3, 0.4) is 0 Å². The van der Waals surface area contributed by atoms with Crippen LogP contribution in [0.4, 0.5) is 14.5 Å². The van der Waals surface area contributed by atoms with Crippen molar-refractivity contribution in [2.45, 2.75) is 26.2 Å². The molecule has 0 bridgehead atoms. The number of rotatable bonds is 3. The molecule has 5 nitrogen and oxygen atoms in total. The van der Waals surface area contributed by atoms with Crippen LogP contribution in [0.5, 0.6) is 0 Å². The minimum absolute atomic E-state index is 0.181. The van der Waals surface area contributed by atoms with Crippen LogP contribution in [0.15, 0.2) is 48.7 Å². The molecular weight excluding hydrogens is 418 g/mol. The summed E-state index contributed by atoms with van der Waals surface area (Å²) in [6.07, 6.45) is 4.47. The summed E-state index contributed by atoms with van der Waals surface area (Å²) >= 11 is 1.24. The van der Waals surface area contributed by atoms with E-state index in [1.54, 1.807) is 0 Å². The zero-order chi connectivity index (χ0) is 21.5. The van der Waals surface area contributed by atoms with Crippen molar-refractivity contribution < 1.29 is 13.6 Å². The van der Waals surface area contributed by atoms with E-state index in [0.29, 0.717) is 0 Å². The Bertz CT molecular complexity index is 1290. The molecule has 4 aromatic rings. The fraction of sp³-hybridized carbons (Fsp3) is 0.174. The normalized spacial score (nSPS) is 12.7. The van der Waals surface area contributed by atoms with Crippen LogP contribution in [0.2, 0.25) is 0 Å². The van der Waals surface area contributed by atoms with Gasteiger partial charge in [0.25, 0.3) is 5.91 Å². The Hall–Kier alpha value is -3.39.